The minimum Gasteiger partial charge on any atom is -0.493 e. The second kappa shape index (κ2) is 7.39. The summed E-state index contributed by atoms with van der Waals surface area (Å²) in [7, 11) is 4.71. The highest BCUT2D eigenvalue weighted by Gasteiger charge is 2.18. The molecule has 0 bridgehead atoms. The standard InChI is InChI=1S/C24H22O4/c1-26-21-13-15(14-22(27-2)24(21)28-3)7-12-20(25)18-11-10-17-9-8-16-5-4-6-19(18)23(16)17/h4-7,10-14H,8-9H2,1-3H3/b12-7+. The van der Waals surface area contributed by atoms with E-state index in [-0.39, 0.29) is 5.78 Å². The van der Waals surface area contributed by atoms with E-state index in [0.29, 0.717) is 17.2 Å². The number of hydrogen-bond donors (Lipinski definition) is 0. The minimum atomic E-state index is -0.0237. The van der Waals surface area contributed by atoms with Crippen molar-refractivity contribution in [1.29, 1.82) is 0 Å². The van der Waals surface area contributed by atoms with Gasteiger partial charge >= 0.3 is 0 Å². The van der Waals surface area contributed by atoms with Crippen molar-refractivity contribution in [3.8, 4) is 17.2 Å². The van der Waals surface area contributed by atoms with Crippen molar-refractivity contribution in [3.05, 3.63) is 70.8 Å². The van der Waals surface area contributed by atoms with Crippen molar-refractivity contribution in [1.82, 2.24) is 0 Å². The van der Waals surface area contributed by atoms with Gasteiger partial charge in [-0.25, -0.2) is 0 Å². The van der Waals surface area contributed by atoms with Gasteiger partial charge in [-0.05, 0) is 58.5 Å². The third-order valence-electron chi connectivity index (χ3n) is 5.26. The lowest BCUT2D eigenvalue weighted by atomic mass is 9.97. The third kappa shape index (κ3) is 3.01. The topological polar surface area (TPSA) is 44.8 Å². The molecule has 4 rings (SSSR count). The number of carbonyl (C=O) groups is 1. The van der Waals surface area contributed by atoms with Gasteiger partial charge in [0.2, 0.25) is 5.75 Å². The van der Waals surface area contributed by atoms with Gasteiger partial charge < -0.3 is 14.2 Å². The summed E-state index contributed by atoms with van der Waals surface area (Å²) in [6.45, 7) is 0. The van der Waals surface area contributed by atoms with Crippen molar-refractivity contribution in [2.24, 2.45) is 0 Å². The molecule has 3 aromatic carbocycles. The highest BCUT2D eigenvalue weighted by molar-refractivity contribution is 6.16. The SMILES string of the molecule is COc1cc(/C=C/C(=O)c2ccc3c4c(cccc24)CC3)cc(OC)c1OC. The fourth-order valence-electron chi connectivity index (χ4n) is 3.92. The first kappa shape index (κ1) is 18.1. The molecule has 0 aromatic heterocycles. The number of methoxy groups -OCH3 is 3. The van der Waals surface area contributed by atoms with Crippen molar-refractivity contribution < 1.29 is 19.0 Å². The molecule has 0 radical (unpaired) electrons. The fourth-order valence-corrected chi connectivity index (χ4v) is 3.92. The second-order valence-corrected chi connectivity index (χ2v) is 6.77. The summed E-state index contributed by atoms with van der Waals surface area (Å²) in [5, 5.41) is 2.28. The quantitative estimate of drug-likeness (QED) is 0.457. The highest BCUT2D eigenvalue weighted by atomic mass is 16.5. The van der Waals surface area contributed by atoms with Crippen molar-refractivity contribution in [2.75, 3.05) is 21.3 Å². The predicted octanol–water partition coefficient (Wildman–Crippen LogP) is 4.86. The monoisotopic (exact) mass is 374 g/mol. The Bertz CT molecular complexity index is 1060. The van der Waals surface area contributed by atoms with Crippen LogP contribution in [-0.4, -0.2) is 27.1 Å². The van der Waals surface area contributed by atoms with E-state index in [1.54, 1.807) is 33.5 Å². The number of carbonyl (C=O) groups excluding carboxylic acids is 1. The Kier molecular flexibility index (Phi) is 4.78. The summed E-state index contributed by atoms with van der Waals surface area (Å²) >= 11 is 0. The third-order valence-corrected chi connectivity index (χ3v) is 5.26. The van der Waals surface area contributed by atoms with E-state index in [0.717, 1.165) is 29.4 Å². The van der Waals surface area contributed by atoms with Gasteiger partial charge in [0.25, 0.3) is 0 Å². The van der Waals surface area contributed by atoms with Crippen LogP contribution in [0.4, 0.5) is 0 Å². The normalized spacial score (nSPS) is 12.5. The molecular weight excluding hydrogens is 352 g/mol. The lowest BCUT2D eigenvalue weighted by Crippen LogP contribution is -1.98. The smallest absolute Gasteiger partial charge is 0.203 e. The molecule has 0 atom stereocenters. The van der Waals surface area contributed by atoms with Gasteiger partial charge in [-0.1, -0.05) is 36.4 Å². The van der Waals surface area contributed by atoms with Crippen molar-refractivity contribution in [2.45, 2.75) is 12.8 Å². The summed E-state index contributed by atoms with van der Waals surface area (Å²) in [5.74, 6) is 1.61. The summed E-state index contributed by atoms with van der Waals surface area (Å²) < 4.78 is 16.1. The van der Waals surface area contributed by atoms with Crippen LogP contribution in [0.25, 0.3) is 16.8 Å². The van der Waals surface area contributed by atoms with E-state index in [9.17, 15) is 4.79 Å². The largest absolute Gasteiger partial charge is 0.493 e. The van der Waals surface area contributed by atoms with E-state index in [2.05, 4.69) is 12.1 Å². The van der Waals surface area contributed by atoms with Crippen molar-refractivity contribution in [3.63, 3.8) is 0 Å². The second-order valence-electron chi connectivity index (χ2n) is 6.77. The van der Waals surface area contributed by atoms with E-state index in [1.165, 1.54) is 16.5 Å². The van der Waals surface area contributed by atoms with E-state index < -0.39 is 0 Å². The minimum absolute atomic E-state index is 0.0237. The lowest BCUT2D eigenvalue weighted by molar-refractivity contribution is 0.104. The molecule has 0 unspecified atom stereocenters. The molecule has 0 saturated heterocycles. The molecule has 0 heterocycles. The van der Waals surface area contributed by atoms with E-state index in [4.69, 9.17) is 14.2 Å². The number of ketones is 1. The summed E-state index contributed by atoms with van der Waals surface area (Å²) in [6, 6.07) is 13.9. The van der Waals surface area contributed by atoms with Gasteiger partial charge in [0.15, 0.2) is 17.3 Å². The van der Waals surface area contributed by atoms with E-state index in [1.807, 2.05) is 30.3 Å². The van der Waals surface area contributed by atoms with E-state index >= 15 is 0 Å². The number of aryl methyl sites for hydroxylation is 2. The molecule has 142 valence electrons. The maximum Gasteiger partial charge on any atom is 0.203 e. The van der Waals surface area contributed by atoms with Gasteiger partial charge in [-0.15, -0.1) is 0 Å². The van der Waals surface area contributed by atoms with Gasteiger partial charge in [-0.3, -0.25) is 4.79 Å². The van der Waals surface area contributed by atoms with Crippen LogP contribution in [0, 0.1) is 0 Å². The molecule has 0 saturated carbocycles. The van der Waals surface area contributed by atoms with Gasteiger partial charge in [0, 0.05) is 5.56 Å². The first-order valence-electron chi connectivity index (χ1n) is 9.22. The number of hydrogen-bond acceptors (Lipinski definition) is 4. The van der Waals surface area contributed by atoms with Gasteiger partial charge in [0.1, 0.15) is 0 Å². The van der Waals surface area contributed by atoms with Crippen LogP contribution in [0.2, 0.25) is 0 Å². The summed E-state index contributed by atoms with van der Waals surface area (Å²) in [6.07, 6.45) is 5.47. The number of allylic oxidation sites excluding steroid dienone is 1. The molecule has 3 aromatic rings. The molecule has 0 amide bonds. The number of rotatable bonds is 6. The Morgan fingerprint density at radius 2 is 1.57 bits per heavy atom. The van der Waals surface area contributed by atoms with Gasteiger partial charge in [-0.2, -0.15) is 0 Å². The van der Waals surface area contributed by atoms with Crippen LogP contribution < -0.4 is 14.2 Å². The molecule has 1 aliphatic carbocycles. The Morgan fingerprint density at radius 1 is 0.893 bits per heavy atom. The molecule has 28 heavy (non-hydrogen) atoms. The van der Waals surface area contributed by atoms with Gasteiger partial charge in [0.05, 0.1) is 21.3 Å². The zero-order valence-corrected chi connectivity index (χ0v) is 16.2. The molecule has 4 heteroatoms. The predicted molar refractivity (Wildman–Crippen MR) is 111 cm³/mol. The molecule has 0 spiro atoms. The Morgan fingerprint density at radius 3 is 2.21 bits per heavy atom. The van der Waals surface area contributed by atoms with Crippen LogP contribution >= 0.6 is 0 Å². The molecule has 0 N–H and O–H groups in total. The van der Waals surface area contributed by atoms with Crippen LogP contribution in [0.5, 0.6) is 17.2 Å². The summed E-state index contributed by atoms with van der Waals surface area (Å²) in [5.41, 5.74) is 4.19. The first-order chi connectivity index (χ1) is 13.7. The average molecular weight is 374 g/mol. The molecule has 1 aliphatic rings. The van der Waals surface area contributed by atoms with Crippen molar-refractivity contribution >= 4 is 22.6 Å². The maximum atomic E-state index is 12.9. The molecule has 0 aliphatic heterocycles. The number of ether oxygens (including phenoxy) is 3. The highest BCUT2D eigenvalue weighted by Crippen LogP contribution is 2.38. The Hall–Kier alpha value is -3.27. The molecular formula is C24H22O4. The molecule has 0 fully saturated rings. The first-order valence-corrected chi connectivity index (χ1v) is 9.22. The Labute approximate surface area is 164 Å². The summed E-state index contributed by atoms with van der Waals surface area (Å²) in [4.78, 5) is 12.9. The molecule has 4 nitrogen and oxygen atoms in total. The maximum absolute atomic E-state index is 12.9. The lowest BCUT2D eigenvalue weighted by Gasteiger charge is -2.12. The zero-order chi connectivity index (χ0) is 19.7. The average Bonchev–Trinajstić information content (AvgIpc) is 3.16. The van der Waals surface area contributed by atoms with Crippen LogP contribution in [0.1, 0.15) is 27.0 Å². The van der Waals surface area contributed by atoms with Crippen LogP contribution in [0.15, 0.2) is 48.5 Å². The van der Waals surface area contributed by atoms with Crippen LogP contribution in [-0.2, 0) is 12.8 Å². The van der Waals surface area contributed by atoms with Crippen LogP contribution in [0.3, 0.4) is 0 Å². The zero-order valence-electron chi connectivity index (χ0n) is 16.2. The fraction of sp³-hybridized carbons (Fsp3) is 0.208. The Balaban J connectivity index is 1.70. The number of benzene rings is 3.